The van der Waals surface area contributed by atoms with Gasteiger partial charge in [0.2, 0.25) is 0 Å². The van der Waals surface area contributed by atoms with Crippen LogP contribution in [0.3, 0.4) is 0 Å². The molecule has 3 aromatic rings. The quantitative estimate of drug-likeness (QED) is 0.558. The molecule has 164 valence electrons. The summed E-state index contributed by atoms with van der Waals surface area (Å²) in [7, 11) is 1.68. The number of hydrogen-bond acceptors (Lipinski definition) is 4. The summed E-state index contributed by atoms with van der Waals surface area (Å²) in [6.07, 6.45) is 1.43. The van der Waals surface area contributed by atoms with Gasteiger partial charge in [-0.2, -0.15) is 0 Å². The van der Waals surface area contributed by atoms with Crippen LogP contribution in [-0.4, -0.2) is 30.9 Å². The maximum Gasteiger partial charge on any atom is 0.165 e. The fraction of sp³-hybridized carbons (Fsp3) is 0.321. The maximum absolute atomic E-state index is 13.2. The van der Waals surface area contributed by atoms with Gasteiger partial charge in [-0.15, -0.1) is 0 Å². The van der Waals surface area contributed by atoms with E-state index < -0.39 is 0 Å². The molecule has 0 bridgehead atoms. The lowest BCUT2D eigenvalue weighted by Crippen LogP contribution is -2.45. The Labute approximate surface area is 189 Å². The van der Waals surface area contributed by atoms with Crippen molar-refractivity contribution in [1.29, 1.82) is 0 Å². The Morgan fingerprint density at radius 2 is 1.88 bits per heavy atom. The highest BCUT2D eigenvalue weighted by Gasteiger charge is 2.39. The first-order valence-electron chi connectivity index (χ1n) is 11.3. The molecule has 0 aliphatic carbocycles. The molecule has 2 heterocycles. The van der Waals surface area contributed by atoms with Crippen LogP contribution in [0.5, 0.6) is 11.5 Å². The fourth-order valence-electron chi connectivity index (χ4n) is 5.15. The van der Waals surface area contributed by atoms with E-state index in [4.69, 9.17) is 9.47 Å². The SMILES string of the molecule is COc1ccc2c(c1OCc1ccccc1)CCN1C[C@H](c3cccc(C)c3)C(=O)C[C@@H]21. The fourth-order valence-corrected chi connectivity index (χ4v) is 5.15. The first kappa shape index (κ1) is 20.8. The summed E-state index contributed by atoms with van der Waals surface area (Å²) in [6.45, 7) is 4.28. The Morgan fingerprint density at radius 1 is 1.03 bits per heavy atom. The highest BCUT2D eigenvalue weighted by Crippen LogP contribution is 2.45. The number of Topliss-reactive ketones (excluding diaryl/α,β-unsaturated/α-hetero) is 1. The minimum absolute atomic E-state index is 0.0419. The molecule has 2 atom stereocenters. The summed E-state index contributed by atoms with van der Waals surface area (Å²) in [5, 5.41) is 0. The lowest BCUT2D eigenvalue weighted by molar-refractivity contribution is -0.125. The number of piperidine rings is 1. The molecule has 0 saturated carbocycles. The van der Waals surface area contributed by atoms with Gasteiger partial charge >= 0.3 is 0 Å². The Kier molecular flexibility index (Phi) is 5.71. The average molecular weight is 428 g/mol. The summed E-state index contributed by atoms with van der Waals surface area (Å²) < 4.78 is 11.9. The number of ether oxygens (including phenoxy) is 2. The third kappa shape index (κ3) is 3.91. The van der Waals surface area contributed by atoms with Crippen LogP contribution in [0.1, 0.15) is 46.2 Å². The summed E-state index contributed by atoms with van der Waals surface area (Å²) >= 11 is 0. The number of fused-ring (bicyclic) bond motifs is 3. The number of carbonyl (C=O) groups is 1. The lowest BCUT2D eigenvalue weighted by Gasteiger charge is -2.43. The van der Waals surface area contributed by atoms with E-state index in [0.29, 0.717) is 18.8 Å². The molecular weight excluding hydrogens is 398 g/mol. The number of ketones is 1. The third-order valence-corrected chi connectivity index (χ3v) is 6.80. The van der Waals surface area contributed by atoms with Gasteiger partial charge in [-0.3, -0.25) is 9.69 Å². The Balaban J connectivity index is 1.42. The second-order valence-corrected chi connectivity index (χ2v) is 8.84. The first-order chi connectivity index (χ1) is 15.6. The molecule has 0 N–H and O–H groups in total. The normalized spacial score (nSPS) is 20.4. The second kappa shape index (κ2) is 8.79. The number of nitrogens with zero attached hydrogens (tertiary/aromatic N) is 1. The average Bonchev–Trinajstić information content (AvgIpc) is 2.82. The third-order valence-electron chi connectivity index (χ3n) is 6.80. The Morgan fingerprint density at radius 3 is 2.66 bits per heavy atom. The predicted octanol–water partition coefficient (Wildman–Crippen LogP) is 5.24. The van der Waals surface area contributed by atoms with Crippen LogP contribution in [0.15, 0.2) is 66.7 Å². The Hall–Kier alpha value is -3.11. The van der Waals surface area contributed by atoms with Gasteiger partial charge in [0.1, 0.15) is 12.4 Å². The van der Waals surface area contributed by atoms with Crippen molar-refractivity contribution in [2.24, 2.45) is 0 Å². The van der Waals surface area contributed by atoms with Crippen molar-refractivity contribution < 1.29 is 14.3 Å². The van der Waals surface area contributed by atoms with E-state index >= 15 is 0 Å². The smallest absolute Gasteiger partial charge is 0.165 e. The molecule has 0 radical (unpaired) electrons. The van der Waals surface area contributed by atoms with Crippen molar-refractivity contribution >= 4 is 5.78 Å². The van der Waals surface area contributed by atoms with E-state index in [9.17, 15) is 4.79 Å². The van der Waals surface area contributed by atoms with Crippen molar-refractivity contribution in [3.63, 3.8) is 0 Å². The van der Waals surface area contributed by atoms with Crippen LogP contribution in [-0.2, 0) is 17.8 Å². The summed E-state index contributed by atoms with van der Waals surface area (Å²) in [6, 6.07) is 22.8. The van der Waals surface area contributed by atoms with Gasteiger partial charge < -0.3 is 9.47 Å². The molecule has 0 amide bonds. The van der Waals surface area contributed by atoms with Gasteiger partial charge in [-0.25, -0.2) is 0 Å². The van der Waals surface area contributed by atoms with E-state index in [2.05, 4.69) is 54.3 Å². The van der Waals surface area contributed by atoms with E-state index in [1.807, 2.05) is 24.3 Å². The van der Waals surface area contributed by atoms with Gasteiger partial charge in [0.05, 0.1) is 13.0 Å². The molecule has 1 saturated heterocycles. The van der Waals surface area contributed by atoms with Crippen molar-refractivity contribution in [3.8, 4) is 11.5 Å². The van der Waals surface area contributed by atoms with Crippen molar-refractivity contribution in [2.45, 2.75) is 38.3 Å². The zero-order chi connectivity index (χ0) is 22.1. The van der Waals surface area contributed by atoms with E-state index in [1.54, 1.807) is 7.11 Å². The van der Waals surface area contributed by atoms with Gasteiger partial charge in [0, 0.05) is 31.1 Å². The Bertz CT molecular complexity index is 1120. The van der Waals surface area contributed by atoms with Crippen molar-refractivity contribution in [3.05, 3.63) is 94.5 Å². The molecule has 0 spiro atoms. The van der Waals surface area contributed by atoms with Crippen LogP contribution in [0.4, 0.5) is 0 Å². The molecule has 4 heteroatoms. The molecule has 4 nitrogen and oxygen atoms in total. The zero-order valence-corrected chi connectivity index (χ0v) is 18.7. The number of hydrogen-bond donors (Lipinski definition) is 0. The minimum atomic E-state index is -0.0419. The van der Waals surface area contributed by atoms with Crippen LogP contribution < -0.4 is 9.47 Å². The number of methoxy groups -OCH3 is 1. The molecule has 0 aromatic heterocycles. The van der Waals surface area contributed by atoms with Gasteiger partial charge in [-0.05, 0) is 36.1 Å². The summed E-state index contributed by atoms with van der Waals surface area (Å²) in [5.41, 5.74) is 5.85. The lowest BCUT2D eigenvalue weighted by atomic mass is 9.80. The number of rotatable bonds is 5. The summed E-state index contributed by atoms with van der Waals surface area (Å²) in [5.74, 6) is 1.86. The molecule has 0 unspecified atom stereocenters. The monoisotopic (exact) mass is 427 g/mol. The van der Waals surface area contributed by atoms with Crippen LogP contribution in [0.2, 0.25) is 0 Å². The second-order valence-electron chi connectivity index (χ2n) is 8.84. The predicted molar refractivity (Wildman–Crippen MR) is 125 cm³/mol. The van der Waals surface area contributed by atoms with Crippen LogP contribution in [0.25, 0.3) is 0 Å². The topological polar surface area (TPSA) is 38.8 Å². The number of carbonyl (C=O) groups excluding carboxylic acids is 1. The van der Waals surface area contributed by atoms with E-state index in [1.165, 1.54) is 16.7 Å². The molecule has 32 heavy (non-hydrogen) atoms. The van der Waals surface area contributed by atoms with E-state index in [-0.39, 0.29) is 12.0 Å². The molecule has 2 aliphatic rings. The number of benzene rings is 3. The van der Waals surface area contributed by atoms with Gasteiger partial charge in [0.15, 0.2) is 11.5 Å². The zero-order valence-electron chi connectivity index (χ0n) is 18.7. The highest BCUT2D eigenvalue weighted by molar-refractivity contribution is 5.87. The van der Waals surface area contributed by atoms with Crippen molar-refractivity contribution in [2.75, 3.05) is 20.2 Å². The molecule has 2 aliphatic heterocycles. The van der Waals surface area contributed by atoms with Gasteiger partial charge in [0.25, 0.3) is 0 Å². The standard InChI is InChI=1S/C28H29NO3/c1-19-7-6-10-21(15-19)24-17-29-14-13-23-22(25(29)16-26(24)30)11-12-27(31-2)28(23)32-18-20-8-4-3-5-9-20/h3-12,15,24-25H,13-14,16-18H2,1-2H3/t24-,25+/m1/s1. The molecular formula is C28H29NO3. The van der Waals surface area contributed by atoms with Crippen LogP contribution in [0, 0.1) is 6.92 Å². The van der Waals surface area contributed by atoms with E-state index in [0.717, 1.165) is 42.1 Å². The minimum Gasteiger partial charge on any atom is -0.493 e. The maximum atomic E-state index is 13.2. The molecule has 5 rings (SSSR count). The molecule has 3 aromatic carbocycles. The first-order valence-corrected chi connectivity index (χ1v) is 11.3. The highest BCUT2D eigenvalue weighted by atomic mass is 16.5. The largest absolute Gasteiger partial charge is 0.493 e. The van der Waals surface area contributed by atoms with Crippen molar-refractivity contribution in [1.82, 2.24) is 4.90 Å². The summed E-state index contributed by atoms with van der Waals surface area (Å²) in [4.78, 5) is 15.7. The van der Waals surface area contributed by atoms with Gasteiger partial charge in [-0.1, -0.05) is 66.2 Å². The number of aryl methyl sites for hydroxylation is 1. The molecule has 1 fully saturated rings. The van der Waals surface area contributed by atoms with Crippen LogP contribution >= 0.6 is 0 Å².